The van der Waals surface area contributed by atoms with Crippen LogP contribution in [0.15, 0.2) is 34.9 Å². The van der Waals surface area contributed by atoms with Gasteiger partial charge >= 0.3 is 0 Å². The van der Waals surface area contributed by atoms with Crippen LogP contribution in [0.3, 0.4) is 0 Å². The molecule has 9 heteroatoms. The molecule has 1 fully saturated rings. The number of para-hydroxylation sites is 1. The van der Waals surface area contributed by atoms with Gasteiger partial charge < -0.3 is 24.8 Å². The van der Waals surface area contributed by atoms with Crippen LogP contribution in [-0.4, -0.2) is 44.1 Å². The molecule has 0 saturated carbocycles. The van der Waals surface area contributed by atoms with Crippen molar-refractivity contribution in [2.45, 2.75) is 32.4 Å². The van der Waals surface area contributed by atoms with E-state index >= 15 is 0 Å². The molecule has 4 heterocycles. The van der Waals surface area contributed by atoms with Crippen molar-refractivity contribution >= 4 is 33.4 Å². The van der Waals surface area contributed by atoms with Crippen LogP contribution in [0.5, 0.6) is 5.88 Å². The molecule has 1 atom stereocenters. The molecule has 0 radical (unpaired) electrons. The van der Waals surface area contributed by atoms with Crippen LogP contribution in [-0.2, 0) is 0 Å². The van der Waals surface area contributed by atoms with E-state index in [1.54, 1.807) is 32.0 Å². The van der Waals surface area contributed by atoms with E-state index in [1.807, 2.05) is 17.9 Å². The van der Waals surface area contributed by atoms with Gasteiger partial charge in [0.1, 0.15) is 23.1 Å². The molecule has 8 nitrogen and oxygen atoms in total. The SMILES string of the molecule is Cc1nnc(N[C@H](C)c2cccc3c(F)coc23)c2cc(N3CC(C)(O)C3)c(O)nc12. The smallest absolute Gasteiger partial charge is 0.235 e. The molecule has 0 amide bonds. The lowest BCUT2D eigenvalue weighted by atomic mass is 9.96. The van der Waals surface area contributed by atoms with Gasteiger partial charge in [-0.2, -0.15) is 5.10 Å². The van der Waals surface area contributed by atoms with Crippen molar-refractivity contribution in [3.63, 3.8) is 0 Å². The lowest BCUT2D eigenvalue weighted by Gasteiger charge is -2.45. The van der Waals surface area contributed by atoms with Gasteiger partial charge in [0.25, 0.3) is 0 Å². The summed E-state index contributed by atoms with van der Waals surface area (Å²) in [5, 5.41) is 33.4. The summed E-state index contributed by atoms with van der Waals surface area (Å²) in [5.41, 5.74) is 2.10. The number of β-amino-alcohol motifs (C(OH)–C–C–N with tert-alkyl or cyclic N) is 1. The molecule has 1 aromatic carbocycles. The fraction of sp³-hybridized carbons (Fsp3) is 0.318. The van der Waals surface area contributed by atoms with Crippen LogP contribution in [0.1, 0.15) is 31.1 Å². The second kappa shape index (κ2) is 6.78. The number of furan rings is 1. The zero-order valence-corrected chi connectivity index (χ0v) is 17.3. The van der Waals surface area contributed by atoms with Crippen LogP contribution < -0.4 is 10.2 Å². The molecule has 0 aliphatic carbocycles. The average molecular weight is 423 g/mol. The number of halogens is 1. The van der Waals surface area contributed by atoms with Crippen molar-refractivity contribution in [1.82, 2.24) is 15.2 Å². The highest BCUT2D eigenvalue weighted by atomic mass is 19.1. The van der Waals surface area contributed by atoms with Gasteiger partial charge in [0.15, 0.2) is 11.6 Å². The Morgan fingerprint density at radius 3 is 2.77 bits per heavy atom. The Morgan fingerprint density at radius 2 is 2.03 bits per heavy atom. The summed E-state index contributed by atoms with van der Waals surface area (Å²) < 4.78 is 19.4. The topological polar surface area (TPSA) is 108 Å². The average Bonchev–Trinajstić information content (AvgIpc) is 3.09. The summed E-state index contributed by atoms with van der Waals surface area (Å²) in [6.07, 6.45) is 1.10. The van der Waals surface area contributed by atoms with Crippen molar-refractivity contribution in [1.29, 1.82) is 0 Å². The molecule has 31 heavy (non-hydrogen) atoms. The number of aromatic nitrogens is 3. The van der Waals surface area contributed by atoms with Crippen LogP contribution in [0.25, 0.3) is 21.9 Å². The van der Waals surface area contributed by atoms with Gasteiger partial charge in [-0.05, 0) is 32.9 Å². The highest BCUT2D eigenvalue weighted by molar-refractivity contribution is 5.94. The van der Waals surface area contributed by atoms with Crippen LogP contribution in [0.2, 0.25) is 0 Å². The predicted molar refractivity (Wildman–Crippen MR) is 115 cm³/mol. The van der Waals surface area contributed by atoms with Crippen molar-refractivity contribution in [2.75, 3.05) is 23.3 Å². The van der Waals surface area contributed by atoms with E-state index in [0.29, 0.717) is 52.2 Å². The first kappa shape index (κ1) is 19.5. The number of anilines is 2. The number of benzene rings is 1. The van der Waals surface area contributed by atoms with Crippen molar-refractivity contribution < 1.29 is 19.0 Å². The molecular formula is C22H22FN5O3. The fourth-order valence-corrected chi connectivity index (χ4v) is 4.13. The number of fused-ring (bicyclic) bond motifs is 2. The van der Waals surface area contributed by atoms with Gasteiger partial charge in [0.2, 0.25) is 5.88 Å². The number of aryl methyl sites for hydroxylation is 1. The van der Waals surface area contributed by atoms with Crippen LogP contribution in [0, 0.1) is 12.7 Å². The Morgan fingerprint density at radius 1 is 1.26 bits per heavy atom. The predicted octanol–water partition coefficient (Wildman–Crippen LogP) is 3.67. The molecule has 1 aliphatic rings. The molecule has 160 valence electrons. The molecule has 0 unspecified atom stereocenters. The number of rotatable bonds is 4. The van der Waals surface area contributed by atoms with E-state index < -0.39 is 11.4 Å². The summed E-state index contributed by atoms with van der Waals surface area (Å²) in [6.45, 7) is 6.24. The molecule has 1 aliphatic heterocycles. The van der Waals surface area contributed by atoms with Crippen molar-refractivity contribution in [3.05, 3.63) is 47.6 Å². The number of nitrogens with one attached hydrogen (secondary N) is 1. The molecule has 1 saturated heterocycles. The number of aromatic hydroxyl groups is 1. The molecule has 3 N–H and O–H groups in total. The van der Waals surface area contributed by atoms with Gasteiger partial charge in [0.05, 0.1) is 22.7 Å². The summed E-state index contributed by atoms with van der Waals surface area (Å²) >= 11 is 0. The van der Waals surface area contributed by atoms with Crippen molar-refractivity contribution in [3.8, 4) is 5.88 Å². The van der Waals surface area contributed by atoms with E-state index in [-0.39, 0.29) is 11.9 Å². The Bertz CT molecular complexity index is 1310. The summed E-state index contributed by atoms with van der Waals surface area (Å²) in [6, 6.07) is 6.85. The van der Waals surface area contributed by atoms with Gasteiger partial charge in [-0.1, -0.05) is 12.1 Å². The second-order valence-corrected chi connectivity index (χ2v) is 8.39. The van der Waals surface area contributed by atoms with Gasteiger partial charge in [-0.15, -0.1) is 5.10 Å². The molecule has 4 aromatic rings. The zero-order valence-electron chi connectivity index (χ0n) is 17.3. The standard InChI is InChI=1S/C22H22FN5O3/c1-11(13-5-4-6-14-16(23)8-31-19(13)14)24-20-15-7-17(28-9-22(3,30)10-28)21(29)25-18(15)12(2)26-27-20/h4-8,11,30H,9-10H2,1-3H3,(H,24,27)(H,25,29)/t11-/m1/s1. The minimum atomic E-state index is -0.791. The minimum absolute atomic E-state index is 0.117. The monoisotopic (exact) mass is 423 g/mol. The van der Waals surface area contributed by atoms with Gasteiger partial charge in [-0.3, -0.25) is 0 Å². The van der Waals surface area contributed by atoms with Crippen LogP contribution >= 0.6 is 0 Å². The first-order chi connectivity index (χ1) is 14.7. The van der Waals surface area contributed by atoms with Gasteiger partial charge in [-0.25, -0.2) is 9.37 Å². The molecule has 0 spiro atoms. The summed E-state index contributed by atoms with van der Waals surface area (Å²) in [5.74, 6) is -0.0357. The molecule has 0 bridgehead atoms. The van der Waals surface area contributed by atoms with Crippen molar-refractivity contribution in [2.24, 2.45) is 0 Å². The Labute approximate surface area is 177 Å². The Kier molecular flexibility index (Phi) is 4.26. The van der Waals surface area contributed by atoms with E-state index in [9.17, 15) is 14.6 Å². The normalized spacial score (nSPS) is 16.5. The lowest BCUT2D eigenvalue weighted by molar-refractivity contribution is 0.0307. The largest absolute Gasteiger partial charge is 0.492 e. The quantitative estimate of drug-likeness (QED) is 0.456. The maximum Gasteiger partial charge on any atom is 0.235 e. The van der Waals surface area contributed by atoms with E-state index in [1.165, 1.54) is 0 Å². The molecular weight excluding hydrogens is 401 g/mol. The lowest BCUT2D eigenvalue weighted by Crippen LogP contribution is -2.60. The van der Waals surface area contributed by atoms with Gasteiger partial charge in [0, 0.05) is 24.0 Å². The molecule has 5 rings (SSSR count). The number of hydrogen-bond acceptors (Lipinski definition) is 8. The van der Waals surface area contributed by atoms with E-state index in [4.69, 9.17) is 4.42 Å². The minimum Gasteiger partial charge on any atom is -0.492 e. The summed E-state index contributed by atoms with van der Waals surface area (Å²) in [4.78, 5) is 6.20. The van der Waals surface area contributed by atoms with E-state index in [2.05, 4.69) is 20.5 Å². The number of pyridine rings is 1. The highest BCUT2D eigenvalue weighted by Gasteiger charge is 2.38. The zero-order chi connectivity index (χ0) is 21.9. The number of hydrogen-bond donors (Lipinski definition) is 3. The third kappa shape index (κ3) is 3.21. The molecule has 3 aromatic heterocycles. The third-order valence-corrected chi connectivity index (χ3v) is 5.69. The first-order valence-corrected chi connectivity index (χ1v) is 10.00. The first-order valence-electron chi connectivity index (χ1n) is 10.00. The maximum absolute atomic E-state index is 13.9. The third-order valence-electron chi connectivity index (χ3n) is 5.69. The fourth-order valence-electron chi connectivity index (χ4n) is 4.13. The number of nitrogens with zero attached hydrogens (tertiary/aromatic N) is 4. The van der Waals surface area contributed by atoms with Crippen LogP contribution in [0.4, 0.5) is 15.9 Å². The van der Waals surface area contributed by atoms with E-state index in [0.717, 1.165) is 11.8 Å². The summed E-state index contributed by atoms with van der Waals surface area (Å²) in [7, 11) is 0. The Balaban J connectivity index is 1.55. The maximum atomic E-state index is 13.9. The number of aliphatic hydroxyl groups is 1. The second-order valence-electron chi connectivity index (χ2n) is 8.39. The highest BCUT2D eigenvalue weighted by Crippen LogP contribution is 2.38. The Hall–Kier alpha value is -3.46.